The predicted octanol–water partition coefficient (Wildman–Crippen LogP) is 2.97. The molecule has 0 amide bonds. The summed E-state index contributed by atoms with van der Waals surface area (Å²) in [6, 6.07) is 0. The molecule has 0 atom stereocenters. The van der Waals surface area contributed by atoms with Crippen LogP contribution in [0.3, 0.4) is 0 Å². The van der Waals surface area contributed by atoms with Crippen molar-refractivity contribution in [2.24, 2.45) is 0 Å². The molecule has 0 aliphatic rings. The first-order valence-corrected chi connectivity index (χ1v) is 5.94. The Bertz CT molecular complexity index is 632. The summed E-state index contributed by atoms with van der Waals surface area (Å²) in [4.78, 5) is 28.1. The number of rotatable bonds is 2. The molecule has 0 spiro atoms. The average Bonchev–Trinajstić information content (AvgIpc) is 2.32. The number of nitro benzene ring substituents is 2. The minimum atomic E-state index is -0.832. The zero-order chi connectivity index (χ0) is 13.4. The average molecular weight is 378 g/mol. The van der Waals surface area contributed by atoms with Crippen LogP contribution in [0.5, 0.6) is 0 Å². The Balaban J connectivity index is 3.06. The molecule has 1 heterocycles. The van der Waals surface area contributed by atoms with Crippen molar-refractivity contribution in [2.45, 2.75) is 0 Å². The van der Waals surface area contributed by atoms with Crippen LogP contribution in [-0.4, -0.2) is 19.8 Å². The Labute approximate surface area is 116 Å². The van der Waals surface area contributed by atoms with Crippen molar-refractivity contribution in [1.29, 1.82) is 0 Å². The lowest BCUT2D eigenvalue weighted by Gasteiger charge is -2.04. The van der Waals surface area contributed by atoms with Crippen molar-refractivity contribution in [3.05, 3.63) is 41.6 Å². The van der Waals surface area contributed by atoms with E-state index >= 15 is 0 Å². The number of halogens is 2. The predicted molar refractivity (Wildman–Crippen MR) is 68.2 cm³/mol. The summed E-state index contributed by atoms with van der Waals surface area (Å²) in [5.41, 5.74) is -0.942. The van der Waals surface area contributed by atoms with E-state index in [0.717, 1.165) is 0 Å². The number of nitrogens with zero attached hydrogens (tertiary/aromatic N) is 4. The first kappa shape index (κ1) is 12.8. The second-order valence-corrected chi connectivity index (χ2v) is 4.68. The van der Waals surface area contributed by atoms with Crippen LogP contribution in [0.4, 0.5) is 11.4 Å². The third-order valence-corrected chi connectivity index (χ3v) is 3.62. The Morgan fingerprint density at radius 1 is 0.889 bits per heavy atom. The number of aromatic nitrogens is 2. The fourth-order valence-corrected chi connectivity index (χ4v) is 2.67. The number of hydrogen-bond acceptors (Lipinski definition) is 6. The molecule has 0 aliphatic carbocycles. The Morgan fingerprint density at radius 3 is 1.50 bits per heavy atom. The van der Waals surface area contributed by atoms with Gasteiger partial charge in [-0.05, 0) is 31.9 Å². The van der Waals surface area contributed by atoms with Crippen LogP contribution in [0.15, 0.2) is 21.3 Å². The molecule has 0 fully saturated rings. The van der Waals surface area contributed by atoms with Gasteiger partial charge in [0.25, 0.3) is 0 Å². The highest BCUT2D eigenvalue weighted by molar-refractivity contribution is 9.11. The second-order valence-electron chi connectivity index (χ2n) is 3.09. The van der Waals surface area contributed by atoms with Crippen molar-refractivity contribution in [3.63, 3.8) is 0 Å². The van der Waals surface area contributed by atoms with Gasteiger partial charge < -0.3 is 0 Å². The highest BCUT2D eigenvalue weighted by Gasteiger charge is 2.35. The van der Waals surface area contributed by atoms with Gasteiger partial charge in [-0.15, -0.1) is 0 Å². The summed E-state index contributed by atoms with van der Waals surface area (Å²) >= 11 is 5.93. The summed E-state index contributed by atoms with van der Waals surface area (Å²) in [5.74, 6) is 0. The number of benzene rings is 1. The van der Waals surface area contributed by atoms with Gasteiger partial charge in [-0.25, -0.2) is 0 Å². The molecule has 0 bridgehead atoms. The Morgan fingerprint density at radius 2 is 1.22 bits per heavy atom. The van der Waals surface area contributed by atoms with Gasteiger partial charge in [-0.2, -0.15) is 0 Å². The molecular formula is C8H2Br2N4O4. The molecular weight excluding hydrogens is 376 g/mol. The largest absolute Gasteiger partial charge is 0.363 e. The molecule has 1 aromatic carbocycles. The monoisotopic (exact) mass is 376 g/mol. The summed E-state index contributed by atoms with van der Waals surface area (Å²) in [7, 11) is 0. The van der Waals surface area contributed by atoms with Crippen LogP contribution < -0.4 is 0 Å². The number of hydrogen-bond donors (Lipinski definition) is 0. The molecule has 0 N–H and O–H groups in total. The summed E-state index contributed by atoms with van der Waals surface area (Å²) < 4.78 is -0.129. The summed E-state index contributed by atoms with van der Waals surface area (Å²) in [6.45, 7) is 0. The molecule has 0 aliphatic heterocycles. The maximum absolute atomic E-state index is 10.9. The van der Waals surface area contributed by atoms with Crippen molar-refractivity contribution < 1.29 is 9.85 Å². The SMILES string of the molecule is O=[N+]([O-])c1c([N+](=O)[O-])c(Br)c2nccnc2c1Br. The zero-order valence-electron chi connectivity index (χ0n) is 8.33. The van der Waals surface area contributed by atoms with Crippen LogP contribution in [0.1, 0.15) is 0 Å². The van der Waals surface area contributed by atoms with Gasteiger partial charge >= 0.3 is 11.4 Å². The van der Waals surface area contributed by atoms with Gasteiger partial charge in [0.15, 0.2) is 0 Å². The first-order chi connectivity index (χ1) is 8.45. The van der Waals surface area contributed by atoms with Crippen molar-refractivity contribution in [1.82, 2.24) is 9.97 Å². The van der Waals surface area contributed by atoms with Crippen LogP contribution in [0, 0.1) is 20.2 Å². The lowest BCUT2D eigenvalue weighted by atomic mass is 10.2. The number of nitro groups is 2. The third-order valence-electron chi connectivity index (χ3n) is 2.12. The molecule has 0 saturated carbocycles. The minimum Gasteiger partial charge on any atom is -0.258 e. The van der Waals surface area contributed by atoms with Gasteiger partial charge in [-0.3, -0.25) is 30.2 Å². The fraction of sp³-hybridized carbons (Fsp3) is 0. The second kappa shape index (κ2) is 4.53. The van der Waals surface area contributed by atoms with Crippen molar-refractivity contribution in [2.75, 3.05) is 0 Å². The Hall–Kier alpha value is -1.68. The third kappa shape index (κ3) is 1.82. The van der Waals surface area contributed by atoms with Crippen molar-refractivity contribution >= 4 is 54.3 Å². The number of fused-ring (bicyclic) bond motifs is 1. The van der Waals surface area contributed by atoms with Gasteiger partial charge in [0.1, 0.15) is 20.0 Å². The van der Waals surface area contributed by atoms with E-state index in [2.05, 4.69) is 41.8 Å². The van der Waals surface area contributed by atoms with Gasteiger partial charge in [-0.1, -0.05) is 0 Å². The molecule has 92 valence electrons. The van der Waals surface area contributed by atoms with E-state index < -0.39 is 21.2 Å². The molecule has 1 aromatic heterocycles. The lowest BCUT2D eigenvalue weighted by molar-refractivity contribution is -0.423. The maximum atomic E-state index is 10.9. The lowest BCUT2D eigenvalue weighted by Crippen LogP contribution is -2.01. The molecule has 2 rings (SSSR count). The molecule has 0 radical (unpaired) electrons. The summed E-state index contributed by atoms with van der Waals surface area (Å²) in [5, 5.41) is 21.9. The highest BCUT2D eigenvalue weighted by atomic mass is 79.9. The van der Waals surface area contributed by atoms with Gasteiger partial charge in [0.2, 0.25) is 0 Å². The smallest absolute Gasteiger partial charge is 0.258 e. The van der Waals surface area contributed by atoms with E-state index in [9.17, 15) is 20.2 Å². The van der Waals surface area contributed by atoms with Gasteiger partial charge in [0, 0.05) is 12.4 Å². The first-order valence-electron chi connectivity index (χ1n) is 4.35. The maximum Gasteiger partial charge on any atom is 0.363 e. The molecule has 2 aromatic rings. The van der Waals surface area contributed by atoms with Crippen LogP contribution >= 0.6 is 31.9 Å². The standard InChI is InChI=1S/C8H2Br2N4O4/c9-3-5-6(12-2-1-11-5)4(10)8(14(17)18)7(3)13(15)16/h1-2H. The van der Waals surface area contributed by atoms with Gasteiger partial charge in [0.05, 0.1) is 9.85 Å². The highest BCUT2D eigenvalue weighted by Crippen LogP contribution is 2.44. The normalized spacial score (nSPS) is 10.6. The van der Waals surface area contributed by atoms with E-state index in [1.807, 2.05) is 0 Å². The van der Waals surface area contributed by atoms with E-state index in [4.69, 9.17) is 0 Å². The molecule has 10 heteroatoms. The van der Waals surface area contributed by atoms with Crippen LogP contribution in [-0.2, 0) is 0 Å². The van der Waals surface area contributed by atoms with Crippen LogP contribution in [0.2, 0.25) is 0 Å². The van der Waals surface area contributed by atoms with Crippen molar-refractivity contribution in [3.8, 4) is 0 Å². The Kier molecular flexibility index (Phi) is 3.22. The quantitative estimate of drug-likeness (QED) is 0.587. The van der Waals surface area contributed by atoms with E-state index in [0.29, 0.717) is 0 Å². The topological polar surface area (TPSA) is 112 Å². The van der Waals surface area contributed by atoms with E-state index in [1.54, 1.807) is 0 Å². The summed E-state index contributed by atoms with van der Waals surface area (Å²) in [6.07, 6.45) is 2.68. The minimum absolute atomic E-state index is 0.0644. The fourth-order valence-electron chi connectivity index (χ4n) is 1.42. The molecule has 8 nitrogen and oxygen atoms in total. The van der Waals surface area contributed by atoms with E-state index in [1.165, 1.54) is 12.4 Å². The van der Waals surface area contributed by atoms with Crippen LogP contribution in [0.25, 0.3) is 11.0 Å². The molecule has 18 heavy (non-hydrogen) atoms. The molecule has 0 saturated heterocycles. The van der Waals surface area contributed by atoms with E-state index in [-0.39, 0.29) is 20.0 Å². The zero-order valence-corrected chi connectivity index (χ0v) is 11.5. The molecule has 0 unspecified atom stereocenters.